The summed E-state index contributed by atoms with van der Waals surface area (Å²) in [6, 6.07) is 13.5. The van der Waals surface area contributed by atoms with Crippen LogP contribution < -0.4 is 15.4 Å². The highest BCUT2D eigenvalue weighted by molar-refractivity contribution is 7.89. The molecule has 0 bridgehead atoms. The number of nitrogens with zero attached hydrogens (tertiary/aromatic N) is 3. The largest absolute Gasteiger partial charge is 0.367 e. The summed E-state index contributed by atoms with van der Waals surface area (Å²) in [5, 5.41) is 14.3. The maximum atomic E-state index is 12.2. The fourth-order valence-corrected chi connectivity index (χ4v) is 3.74. The van der Waals surface area contributed by atoms with Gasteiger partial charge in [0.25, 0.3) is 0 Å². The van der Waals surface area contributed by atoms with Crippen LogP contribution >= 0.6 is 11.6 Å². The van der Waals surface area contributed by atoms with Crippen molar-refractivity contribution in [3.05, 3.63) is 65.9 Å². The molecule has 0 aliphatic heterocycles. The molecule has 10 heteroatoms. The quantitative estimate of drug-likeness (QED) is 0.495. The topological polar surface area (TPSA) is 109 Å². The Balaban J connectivity index is 1.49. The predicted octanol–water partition coefficient (Wildman–Crippen LogP) is 2.66. The van der Waals surface area contributed by atoms with Crippen LogP contribution in [-0.2, 0) is 10.0 Å². The molecule has 0 saturated carbocycles. The summed E-state index contributed by atoms with van der Waals surface area (Å²) in [6.07, 6.45) is 3.36. The minimum absolute atomic E-state index is 0.0530. The summed E-state index contributed by atoms with van der Waals surface area (Å²) < 4.78 is 26.9. The Morgan fingerprint density at radius 1 is 0.926 bits per heavy atom. The van der Waals surface area contributed by atoms with Crippen molar-refractivity contribution in [2.24, 2.45) is 0 Å². The minimum atomic E-state index is -3.66. The molecule has 0 aliphatic carbocycles. The van der Waals surface area contributed by atoms with Crippen molar-refractivity contribution >= 4 is 38.9 Å². The van der Waals surface area contributed by atoms with Gasteiger partial charge in [0.1, 0.15) is 10.7 Å². The third kappa shape index (κ3) is 5.36. The number of nitrogens with one attached hydrogen (secondary N) is 3. The Kier molecular flexibility index (Phi) is 6.17. The summed E-state index contributed by atoms with van der Waals surface area (Å²) in [5.74, 6) is 1.11. The standard InChI is InChI=1S/C17H17ClN6O2S/c18-14-5-1-2-6-15(14)27(25,26)21-11-10-20-16-7-8-17(24-23-16)22-13-4-3-9-19-12-13/h1-9,12,21H,10-11H2,(H,20,23)(H,22,24). The van der Waals surface area contributed by atoms with Crippen molar-refractivity contribution in [1.82, 2.24) is 19.9 Å². The van der Waals surface area contributed by atoms with Gasteiger partial charge >= 0.3 is 0 Å². The van der Waals surface area contributed by atoms with E-state index in [4.69, 9.17) is 11.6 Å². The van der Waals surface area contributed by atoms with Crippen molar-refractivity contribution in [3.8, 4) is 0 Å². The fourth-order valence-electron chi connectivity index (χ4n) is 2.19. The lowest BCUT2D eigenvalue weighted by Crippen LogP contribution is -2.29. The number of rotatable bonds is 8. The van der Waals surface area contributed by atoms with E-state index in [1.807, 2.05) is 12.1 Å². The molecule has 2 heterocycles. The van der Waals surface area contributed by atoms with E-state index in [0.29, 0.717) is 18.2 Å². The second-order valence-electron chi connectivity index (χ2n) is 5.43. The van der Waals surface area contributed by atoms with Gasteiger partial charge in [-0.2, -0.15) is 0 Å². The summed E-state index contributed by atoms with van der Waals surface area (Å²) in [7, 11) is -3.66. The van der Waals surface area contributed by atoms with Gasteiger partial charge in [0, 0.05) is 19.3 Å². The Morgan fingerprint density at radius 2 is 1.70 bits per heavy atom. The number of sulfonamides is 1. The summed E-state index contributed by atoms with van der Waals surface area (Å²) in [6.45, 7) is 0.513. The molecule has 0 fully saturated rings. The van der Waals surface area contributed by atoms with Crippen molar-refractivity contribution in [1.29, 1.82) is 0 Å². The maximum Gasteiger partial charge on any atom is 0.242 e. The second-order valence-corrected chi connectivity index (χ2v) is 7.57. The second kappa shape index (κ2) is 8.76. The Bertz CT molecular complexity index is 984. The van der Waals surface area contributed by atoms with E-state index < -0.39 is 10.0 Å². The van der Waals surface area contributed by atoms with Crippen LogP contribution in [0.4, 0.5) is 17.3 Å². The first-order chi connectivity index (χ1) is 13.0. The van der Waals surface area contributed by atoms with Crippen LogP contribution in [0.1, 0.15) is 0 Å². The highest BCUT2D eigenvalue weighted by Gasteiger charge is 2.16. The lowest BCUT2D eigenvalue weighted by atomic mass is 10.4. The van der Waals surface area contributed by atoms with Crippen molar-refractivity contribution in [2.45, 2.75) is 4.90 Å². The van der Waals surface area contributed by atoms with E-state index in [0.717, 1.165) is 5.69 Å². The smallest absolute Gasteiger partial charge is 0.242 e. The third-order valence-electron chi connectivity index (χ3n) is 3.45. The first-order valence-corrected chi connectivity index (χ1v) is 9.89. The van der Waals surface area contributed by atoms with E-state index in [9.17, 15) is 8.42 Å². The Morgan fingerprint density at radius 3 is 2.41 bits per heavy atom. The fraction of sp³-hybridized carbons (Fsp3) is 0.118. The number of hydrogen-bond donors (Lipinski definition) is 3. The molecule has 8 nitrogen and oxygen atoms in total. The minimum Gasteiger partial charge on any atom is -0.367 e. The van der Waals surface area contributed by atoms with E-state index in [1.54, 1.807) is 36.7 Å². The van der Waals surface area contributed by atoms with Gasteiger partial charge in [-0.15, -0.1) is 10.2 Å². The number of benzene rings is 1. The van der Waals surface area contributed by atoms with Gasteiger partial charge in [0.05, 0.1) is 16.9 Å². The SMILES string of the molecule is O=S(=O)(NCCNc1ccc(Nc2cccnc2)nn1)c1ccccc1Cl. The van der Waals surface area contributed by atoms with Crippen LogP contribution in [0.3, 0.4) is 0 Å². The molecular formula is C17H17ClN6O2S. The zero-order valence-electron chi connectivity index (χ0n) is 14.1. The van der Waals surface area contributed by atoms with Crippen molar-refractivity contribution in [3.63, 3.8) is 0 Å². The molecule has 0 saturated heterocycles. The average molecular weight is 405 g/mol. The molecule has 3 aromatic rings. The lowest BCUT2D eigenvalue weighted by Gasteiger charge is -2.09. The zero-order valence-corrected chi connectivity index (χ0v) is 15.7. The molecular weight excluding hydrogens is 388 g/mol. The van der Waals surface area contributed by atoms with Crippen LogP contribution in [0, 0.1) is 0 Å². The molecule has 0 spiro atoms. The van der Waals surface area contributed by atoms with Crippen molar-refractivity contribution in [2.75, 3.05) is 23.7 Å². The number of anilines is 3. The Hall–Kier alpha value is -2.75. The molecule has 0 aliphatic rings. The first kappa shape index (κ1) is 19.0. The molecule has 3 N–H and O–H groups in total. The van der Waals surface area contributed by atoms with Crippen molar-refractivity contribution < 1.29 is 8.42 Å². The van der Waals surface area contributed by atoms with E-state index >= 15 is 0 Å². The molecule has 0 atom stereocenters. The van der Waals surface area contributed by atoms with Crippen LogP contribution in [0.15, 0.2) is 65.8 Å². The van der Waals surface area contributed by atoms with E-state index in [2.05, 4.69) is 30.5 Å². The summed E-state index contributed by atoms with van der Waals surface area (Å²) in [5.41, 5.74) is 0.807. The van der Waals surface area contributed by atoms with Crippen LogP contribution in [0.5, 0.6) is 0 Å². The molecule has 3 rings (SSSR count). The average Bonchev–Trinajstić information content (AvgIpc) is 2.67. The zero-order chi connectivity index (χ0) is 19.1. The molecule has 2 aromatic heterocycles. The number of aromatic nitrogens is 3. The highest BCUT2D eigenvalue weighted by atomic mass is 35.5. The van der Waals surface area contributed by atoms with E-state index in [1.165, 1.54) is 12.1 Å². The van der Waals surface area contributed by atoms with Gasteiger partial charge in [-0.25, -0.2) is 13.1 Å². The molecule has 0 unspecified atom stereocenters. The molecule has 27 heavy (non-hydrogen) atoms. The van der Waals surface area contributed by atoms with Gasteiger partial charge in [-0.1, -0.05) is 23.7 Å². The molecule has 1 aromatic carbocycles. The number of pyridine rings is 1. The van der Waals surface area contributed by atoms with Crippen LogP contribution in [0.2, 0.25) is 5.02 Å². The van der Waals surface area contributed by atoms with Gasteiger partial charge in [-0.05, 0) is 36.4 Å². The predicted molar refractivity (Wildman–Crippen MR) is 105 cm³/mol. The molecule has 140 valence electrons. The first-order valence-electron chi connectivity index (χ1n) is 8.03. The summed E-state index contributed by atoms with van der Waals surface area (Å²) in [4.78, 5) is 4.06. The number of hydrogen-bond acceptors (Lipinski definition) is 7. The maximum absolute atomic E-state index is 12.2. The number of halogens is 1. The summed E-state index contributed by atoms with van der Waals surface area (Å²) >= 11 is 5.93. The Labute approximate surface area is 162 Å². The van der Waals surface area contributed by atoms with E-state index in [-0.39, 0.29) is 16.5 Å². The molecule has 0 amide bonds. The van der Waals surface area contributed by atoms with Crippen LogP contribution in [0.25, 0.3) is 0 Å². The van der Waals surface area contributed by atoms with Crippen LogP contribution in [-0.4, -0.2) is 36.7 Å². The normalized spacial score (nSPS) is 11.1. The van der Waals surface area contributed by atoms with Gasteiger partial charge in [0.2, 0.25) is 10.0 Å². The lowest BCUT2D eigenvalue weighted by molar-refractivity contribution is 0.583. The van der Waals surface area contributed by atoms with Gasteiger partial charge < -0.3 is 10.6 Å². The van der Waals surface area contributed by atoms with Gasteiger partial charge in [0.15, 0.2) is 5.82 Å². The monoisotopic (exact) mass is 404 g/mol. The molecule has 0 radical (unpaired) electrons. The third-order valence-corrected chi connectivity index (χ3v) is 5.41. The highest BCUT2D eigenvalue weighted by Crippen LogP contribution is 2.19. The van der Waals surface area contributed by atoms with Gasteiger partial charge in [-0.3, -0.25) is 4.98 Å².